The van der Waals surface area contributed by atoms with Crippen molar-refractivity contribution in [2.45, 2.75) is 38.0 Å². The molecule has 122 valence electrons. The molecule has 2 rings (SSSR count). The molecule has 0 aromatic heterocycles. The molecule has 1 saturated heterocycles. The number of benzene rings is 1. The molecule has 1 amide bonds. The lowest BCUT2D eigenvalue weighted by Gasteiger charge is -2.33. The predicted octanol–water partition coefficient (Wildman–Crippen LogP) is 2.86. The average molecular weight is 318 g/mol. The van der Waals surface area contributed by atoms with Gasteiger partial charge >= 0.3 is 6.18 Å². The highest BCUT2D eigenvalue weighted by Crippen LogP contribution is 2.20. The SMILES string of the molecule is O=C(CC(F)(F)F)NC1CCCN(Cc2ccccc2F)C1. The van der Waals surface area contributed by atoms with E-state index in [0.717, 1.165) is 13.0 Å². The van der Waals surface area contributed by atoms with Gasteiger partial charge in [-0.2, -0.15) is 13.2 Å². The molecule has 22 heavy (non-hydrogen) atoms. The summed E-state index contributed by atoms with van der Waals surface area (Å²) in [5, 5.41) is 2.41. The topological polar surface area (TPSA) is 32.3 Å². The molecular weight excluding hydrogens is 300 g/mol. The maximum atomic E-state index is 13.6. The highest BCUT2D eigenvalue weighted by Gasteiger charge is 2.32. The van der Waals surface area contributed by atoms with Crippen molar-refractivity contribution in [3.8, 4) is 0 Å². The normalized spacial score (nSPS) is 19.9. The van der Waals surface area contributed by atoms with Crippen molar-refractivity contribution in [2.24, 2.45) is 0 Å². The van der Waals surface area contributed by atoms with Crippen LogP contribution in [0.2, 0.25) is 0 Å². The molecule has 1 aromatic carbocycles. The van der Waals surface area contributed by atoms with Crippen LogP contribution in [0.4, 0.5) is 17.6 Å². The van der Waals surface area contributed by atoms with Crippen molar-refractivity contribution >= 4 is 5.91 Å². The summed E-state index contributed by atoms with van der Waals surface area (Å²) in [6, 6.07) is 6.08. The number of carbonyl (C=O) groups is 1. The van der Waals surface area contributed by atoms with Gasteiger partial charge in [-0.1, -0.05) is 18.2 Å². The molecule has 0 saturated carbocycles. The smallest absolute Gasteiger partial charge is 0.352 e. The van der Waals surface area contributed by atoms with E-state index in [1.54, 1.807) is 18.2 Å². The largest absolute Gasteiger partial charge is 0.397 e. The van der Waals surface area contributed by atoms with Crippen LogP contribution in [0.25, 0.3) is 0 Å². The lowest BCUT2D eigenvalue weighted by molar-refractivity contribution is -0.154. The Bertz CT molecular complexity index is 519. The molecule has 1 fully saturated rings. The number of nitrogens with zero attached hydrogens (tertiary/aromatic N) is 1. The molecular formula is C15H18F4N2O. The number of carbonyl (C=O) groups excluding carboxylic acids is 1. The van der Waals surface area contributed by atoms with Crippen LogP contribution in [0.5, 0.6) is 0 Å². The van der Waals surface area contributed by atoms with Crippen LogP contribution in [-0.4, -0.2) is 36.1 Å². The van der Waals surface area contributed by atoms with Gasteiger partial charge in [0.2, 0.25) is 5.91 Å². The molecule has 0 spiro atoms. The highest BCUT2D eigenvalue weighted by atomic mass is 19.4. The molecule has 1 N–H and O–H groups in total. The van der Waals surface area contributed by atoms with Gasteiger partial charge in [-0.25, -0.2) is 4.39 Å². The van der Waals surface area contributed by atoms with E-state index in [1.807, 2.05) is 4.90 Å². The Labute approximate surface area is 126 Å². The van der Waals surface area contributed by atoms with Gasteiger partial charge in [-0.15, -0.1) is 0 Å². The maximum absolute atomic E-state index is 13.6. The Morgan fingerprint density at radius 2 is 2.05 bits per heavy atom. The molecule has 1 aliphatic rings. The van der Waals surface area contributed by atoms with Crippen molar-refractivity contribution in [3.05, 3.63) is 35.6 Å². The van der Waals surface area contributed by atoms with Gasteiger partial charge in [0.15, 0.2) is 0 Å². The lowest BCUT2D eigenvalue weighted by Crippen LogP contribution is -2.48. The first kappa shape index (κ1) is 16.7. The Morgan fingerprint density at radius 1 is 1.32 bits per heavy atom. The molecule has 1 heterocycles. The van der Waals surface area contributed by atoms with E-state index in [-0.39, 0.29) is 11.9 Å². The third-order valence-corrected chi connectivity index (χ3v) is 3.58. The summed E-state index contributed by atoms with van der Waals surface area (Å²) in [6.45, 7) is 1.55. The molecule has 1 aliphatic heterocycles. The Balaban J connectivity index is 1.87. The molecule has 1 aromatic rings. The van der Waals surface area contributed by atoms with Crippen molar-refractivity contribution in [2.75, 3.05) is 13.1 Å². The summed E-state index contributed by atoms with van der Waals surface area (Å²) in [7, 11) is 0. The second kappa shape index (κ2) is 7.09. The third-order valence-electron chi connectivity index (χ3n) is 3.58. The first-order valence-corrected chi connectivity index (χ1v) is 7.15. The second-order valence-corrected chi connectivity index (χ2v) is 5.53. The zero-order chi connectivity index (χ0) is 16.2. The highest BCUT2D eigenvalue weighted by molar-refractivity contribution is 5.76. The third kappa shape index (κ3) is 5.29. The number of rotatable bonds is 4. The van der Waals surface area contributed by atoms with Crippen molar-refractivity contribution in [3.63, 3.8) is 0 Å². The van der Waals surface area contributed by atoms with E-state index >= 15 is 0 Å². The fraction of sp³-hybridized carbons (Fsp3) is 0.533. The molecule has 3 nitrogen and oxygen atoms in total. The fourth-order valence-corrected chi connectivity index (χ4v) is 2.65. The lowest BCUT2D eigenvalue weighted by atomic mass is 10.0. The molecule has 0 aliphatic carbocycles. The molecule has 0 radical (unpaired) electrons. The van der Waals surface area contributed by atoms with E-state index in [2.05, 4.69) is 5.32 Å². The van der Waals surface area contributed by atoms with E-state index < -0.39 is 18.5 Å². The van der Waals surface area contributed by atoms with Gasteiger partial charge in [0, 0.05) is 24.7 Å². The standard InChI is InChI=1S/C15H18F4N2O/c16-13-6-2-1-4-11(13)9-21-7-3-5-12(10-21)20-14(22)8-15(17,18)19/h1-2,4,6,12H,3,5,7-10H2,(H,20,22). The first-order valence-electron chi connectivity index (χ1n) is 7.15. The monoisotopic (exact) mass is 318 g/mol. The Morgan fingerprint density at radius 3 is 2.73 bits per heavy atom. The summed E-state index contributed by atoms with van der Waals surface area (Å²) in [5.74, 6) is -1.31. The van der Waals surface area contributed by atoms with Crippen LogP contribution in [0.1, 0.15) is 24.8 Å². The van der Waals surface area contributed by atoms with Gasteiger partial charge in [0.05, 0.1) is 0 Å². The second-order valence-electron chi connectivity index (χ2n) is 5.53. The first-order chi connectivity index (χ1) is 10.3. The minimum Gasteiger partial charge on any atom is -0.352 e. The quantitative estimate of drug-likeness (QED) is 0.866. The van der Waals surface area contributed by atoms with Crippen LogP contribution < -0.4 is 5.32 Å². The number of amides is 1. The maximum Gasteiger partial charge on any atom is 0.397 e. The minimum absolute atomic E-state index is 0.300. The average Bonchev–Trinajstić information content (AvgIpc) is 2.39. The molecule has 7 heteroatoms. The number of hydrogen-bond donors (Lipinski definition) is 1. The van der Waals surface area contributed by atoms with Crippen LogP contribution in [0.3, 0.4) is 0 Å². The molecule has 1 unspecified atom stereocenters. The van der Waals surface area contributed by atoms with Gasteiger partial charge in [-0.05, 0) is 25.5 Å². The van der Waals surface area contributed by atoms with Crippen molar-refractivity contribution < 1.29 is 22.4 Å². The summed E-state index contributed by atoms with van der Waals surface area (Å²) in [4.78, 5) is 13.3. The van der Waals surface area contributed by atoms with Gasteiger partial charge in [0.25, 0.3) is 0 Å². The summed E-state index contributed by atoms with van der Waals surface area (Å²) >= 11 is 0. The van der Waals surface area contributed by atoms with Crippen molar-refractivity contribution in [1.29, 1.82) is 0 Å². The number of halogens is 4. The van der Waals surface area contributed by atoms with Gasteiger partial charge in [-0.3, -0.25) is 9.69 Å². The van der Waals surface area contributed by atoms with E-state index in [0.29, 0.717) is 25.1 Å². The van der Waals surface area contributed by atoms with E-state index in [4.69, 9.17) is 0 Å². The van der Waals surface area contributed by atoms with Crippen LogP contribution in [-0.2, 0) is 11.3 Å². The number of alkyl halides is 3. The Hall–Kier alpha value is -1.63. The number of piperidine rings is 1. The number of likely N-dealkylation sites (tertiary alicyclic amines) is 1. The zero-order valence-electron chi connectivity index (χ0n) is 12.0. The summed E-state index contributed by atoms with van der Waals surface area (Å²) in [5.41, 5.74) is 0.546. The van der Waals surface area contributed by atoms with Gasteiger partial charge in [0.1, 0.15) is 12.2 Å². The Kier molecular flexibility index (Phi) is 5.39. The summed E-state index contributed by atoms with van der Waals surface area (Å²) in [6.07, 6.45) is -4.56. The van der Waals surface area contributed by atoms with E-state index in [9.17, 15) is 22.4 Å². The minimum atomic E-state index is -4.49. The summed E-state index contributed by atoms with van der Waals surface area (Å²) < 4.78 is 50.1. The zero-order valence-corrected chi connectivity index (χ0v) is 12.0. The fourth-order valence-electron chi connectivity index (χ4n) is 2.65. The van der Waals surface area contributed by atoms with Crippen molar-refractivity contribution in [1.82, 2.24) is 10.2 Å². The van der Waals surface area contributed by atoms with E-state index in [1.165, 1.54) is 6.07 Å². The molecule has 0 bridgehead atoms. The number of hydrogen-bond acceptors (Lipinski definition) is 2. The predicted molar refractivity (Wildman–Crippen MR) is 73.5 cm³/mol. The van der Waals surface area contributed by atoms with Crippen LogP contribution in [0.15, 0.2) is 24.3 Å². The number of nitrogens with one attached hydrogen (secondary N) is 1. The molecule has 1 atom stereocenters. The van der Waals surface area contributed by atoms with Gasteiger partial charge < -0.3 is 5.32 Å². The van der Waals surface area contributed by atoms with Crippen LogP contribution in [0, 0.1) is 5.82 Å². The van der Waals surface area contributed by atoms with Crippen LogP contribution >= 0.6 is 0 Å².